The van der Waals surface area contributed by atoms with E-state index >= 15 is 0 Å². The van der Waals surface area contributed by atoms with Crippen LogP contribution in [0.5, 0.6) is 11.5 Å². The zero-order chi connectivity index (χ0) is 23.3. The molecule has 2 aromatic rings. The minimum Gasteiger partial charge on any atom is -0.491 e. The lowest BCUT2D eigenvalue weighted by Crippen LogP contribution is -2.44. The zero-order valence-corrected chi connectivity index (χ0v) is 19.9. The van der Waals surface area contributed by atoms with E-state index < -0.39 is 21.7 Å². The molecule has 0 radical (unpaired) electrons. The largest absolute Gasteiger partial charge is 0.491 e. The molecule has 1 aliphatic heterocycles. The fourth-order valence-corrected chi connectivity index (χ4v) is 4.62. The van der Waals surface area contributed by atoms with E-state index in [0.717, 1.165) is 5.75 Å². The molecular weight excluding hydrogens is 428 g/mol. The van der Waals surface area contributed by atoms with E-state index in [1.54, 1.807) is 29.2 Å². The number of aryl methyl sites for hydroxylation is 2. The number of nitrogens with zero attached hydrogens (tertiary/aromatic N) is 1. The third-order valence-electron chi connectivity index (χ3n) is 5.39. The summed E-state index contributed by atoms with van der Waals surface area (Å²) < 4.78 is 39.0. The molecule has 1 N–H and O–H groups in total. The number of benzene rings is 2. The first kappa shape index (κ1) is 23.9. The summed E-state index contributed by atoms with van der Waals surface area (Å²) in [4.78, 5) is 14.2. The van der Waals surface area contributed by atoms with Crippen molar-refractivity contribution in [3.05, 3.63) is 53.6 Å². The van der Waals surface area contributed by atoms with Gasteiger partial charge in [0.25, 0.3) is 0 Å². The molecule has 32 heavy (non-hydrogen) atoms. The van der Waals surface area contributed by atoms with Crippen molar-refractivity contribution in [2.45, 2.75) is 52.7 Å². The Hall–Kier alpha value is -2.74. The highest BCUT2D eigenvalue weighted by Gasteiger charge is 2.27. The van der Waals surface area contributed by atoms with Gasteiger partial charge in [0, 0.05) is 31.6 Å². The Kier molecular flexibility index (Phi) is 7.66. The second kappa shape index (κ2) is 10.3. The van der Waals surface area contributed by atoms with Crippen molar-refractivity contribution >= 4 is 21.6 Å². The number of ether oxygens (including phenoxy) is 2. The van der Waals surface area contributed by atoms with Crippen LogP contribution in [0, 0.1) is 13.8 Å². The lowest BCUT2D eigenvalue weighted by Gasteiger charge is -2.32. The van der Waals surface area contributed by atoms with Gasteiger partial charge in [-0.15, -0.1) is 0 Å². The summed E-state index contributed by atoms with van der Waals surface area (Å²) in [6.45, 7) is 8.89. The van der Waals surface area contributed by atoms with Crippen LogP contribution in [0.4, 0.5) is 5.69 Å². The van der Waals surface area contributed by atoms with Crippen LogP contribution < -0.4 is 14.2 Å². The highest BCUT2D eigenvalue weighted by atomic mass is 32.2. The van der Waals surface area contributed by atoms with E-state index in [1.807, 2.05) is 39.0 Å². The molecule has 2 aromatic carbocycles. The summed E-state index contributed by atoms with van der Waals surface area (Å²) in [7, 11) is -3.80. The molecule has 8 heteroatoms. The van der Waals surface area contributed by atoms with Gasteiger partial charge in [0.1, 0.15) is 23.4 Å². The molecule has 0 aromatic heterocycles. The predicted molar refractivity (Wildman–Crippen MR) is 126 cm³/mol. The fraction of sp³-hybridized carbons (Fsp3) is 0.458. The van der Waals surface area contributed by atoms with Crippen LogP contribution in [0.1, 0.15) is 37.8 Å². The van der Waals surface area contributed by atoms with Gasteiger partial charge in [0.2, 0.25) is 15.9 Å². The molecule has 7 nitrogen and oxygen atoms in total. The Labute approximate surface area is 190 Å². The number of sulfonamides is 1. The maximum Gasteiger partial charge on any atom is 0.241 e. The average molecular weight is 461 g/mol. The first-order valence-electron chi connectivity index (χ1n) is 10.9. The number of nitrogens with one attached hydrogen (secondary N) is 1. The number of likely N-dealkylation sites (tertiary alicyclic amines) is 1. The second-order valence-electron chi connectivity index (χ2n) is 8.50. The van der Waals surface area contributed by atoms with E-state index in [4.69, 9.17) is 9.47 Å². The lowest BCUT2D eigenvalue weighted by atomic mass is 10.1. The van der Waals surface area contributed by atoms with Crippen molar-refractivity contribution in [1.29, 1.82) is 0 Å². The van der Waals surface area contributed by atoms with E-state index in [9.17, 15) is 13.2 Å². The highest BCUT2D eigenvalue weighted by molar-refractivity contribution is 7.93. The Morgan fingerprint density at radius 3 is 2.25 bits per heavy atom. The minimum absolute atomic E-state index is 0.0162. The third kappa shape index (κ3) is 6.88. The van der Waals surface area contributed by atoms with Crippen LogP contribution in [0.15, 0.2) is 42.5 Å². The van der Waals surface area contributed by atoms with Crippen molar-refractivity contribution in [3.63, 3.8) is 0 Å². The number of anilines is 1. The summed E-state index contributed by atoms with van der Waals surface area (Å²) in [5, 5.41) is 0. The quantitative estimate of drug-likeness (QED) is 0.646. The molecule has 0 aliphatic carbocycles. The summed E-state index contributed by atoms with van der Waals surface area (Å²) >= 11 is 0. The van der Waals surface area contributed by atoms with Crippen LogP contribution in [0.2, 0.25) is 0 Å². The molecule has 3 rings (SSSR count). The smallest absolute Gasteiger partial charge is 0.241 e. The Balaban J connectivity index is 1.48. The minimum atomic E-state index is -3.80. The molecule has 0 spiro atoms. The molecule has 0 bridgehead atoms. The first-order valence-corrected chi connectivity index (χ1v) is 12.6. The highest BCUT2D eigenvalue weighted by Crippen LogP contribution is 2.22. The maximum absolute atomic E-state index is 12.6. The van der Waals surface area contributed by atoms with Crippen LogP contribution in [-0.4, -0.2) is 50.3 Å². The van der Waals surface area contributed by atoms with Gasteiger partial charge < -0.3 is 14.4 Å². The van der Waals surface area contributed by atoms with E-state index in [1.165, 1.54) is 11.1 Å². The van der Waals surface area contributed by atoms with Crippen molar-refractivity contribution in [2.75, 3.05) is 23.6 Å². The Morgan fingerprint density at radius 1 is 1.03 bits per heavy atom. The molecule has 0 saturated carbocycles. The van der Waals surface area contributed by atoms with E-state index in [2.05, 4.69) is 11.6 Å². The van der Waals surface area contributed by atoms with Crippen LogP contribution in [-0.2, 0) is 14.8 Å². The van der Waals surface area contributed by atoms with Gasteiger partial charge in [0.15, 0.2) is 0 Å². The SMILES string of the molecule is Cc1ccc(OC2CCN(C(=O)CS(=O)(=O)Nc3ccc(OC(C)C)cc3)CC2)cc1C. The molecule has 1 heterocycles. The molecular formula is C24H32N2O5S. The van der Waals surface area contributed by atoms with Gasteiger partial charge in [-0.1, -0.05) is 6.07 Å². The van der Waals surface area contributed by atoms with Gasteiger partial charge in [0.05, 0.1) is 6.10 Å². The van der Waals surface area contributed by atoms with E-state index in [0.29, 0.717) is 37.4 Å². The summed E-state index contributed by atoms with van der Waals surface area (Å²) in [5.74, 6) is 0.501. The number of piperidine rings is 1. The molecule has 0 unspecified atom stereocenters. The lowest BCUT2D eigenvalue weighted by molar-refractivity contribution is -0.130. The fourth-order valence-electron chi connectivity index (χ4n) is 3.55. The first-order chi connectivity index (χ1) is 15.1. The normalized spacial score (nSPS) is 15.0. The standard InChI is InChI=1S/C24H32N2O5S/c1-17(2)30-21-9-6-20(7-10-21)25-32(28,29)16-24(27)26-13-11-22(12-14-26)31-23-8-5-18(3)19(4)15-23/h5-10,15,17,22,25H,11-14,16H2,1-4H3. The molecule has 1 aliphatic rings. The molecule has 1 amide bonds. The van der Waals surface area contributed by atoms with Crippen LogP contribution >= 0.6 is 0 Å². The predicted octanol–water partition coefficient (Wildman–Crippen LogP) is 3.90. The number of rotatable bonds is 8. The molecule has 0 atom stereocenters. The van der Waals surface area contributed by atoms with Crippen molar-refractivity contribution in [2.24, 2.45) is 0 Å². The number of hydrogen-bond donors (Lipinski definition) is 1. The number of carbonyl (C=O) groups is 1. The average Bonchev–Trinajstić information content (AvgIpc) is 2.72. The number of hydrogen-bond acceptors (Lipinski definition) is 5. The van der Waals surface area contributed by atoms with Gasteiger partial charge in [-0.05, 0) is 75.2 Å². The summed E-state index contributed by atoms with van der Waals surface area (Å²) in [6, 6.07) is 12.6. The van der Waals surface area contributed by atoms with E-state index in [-0.39, 0.29) is 12.2 Å². The molecule has 174 valence electrons. The topological polar surface area (TPSA) is 84.9 Å². The van der Waals surface area contributed by atoms with Gasteiger partial charge in [-0.25, -0.2) is 8.42 Å². The number of carbonyl (C=O) groups excluding carboxylic acids is 1. The number of amides is 1. The molecule has 1 fully saturated rings. The summed E-state index contributed by atoms with van der Waals surface area (Å²) in [6.07, 6.45) is 1.39. The zero-order valence-electron chi connectivity index (χ0n) is 19.1. The van der Waals surface area contributed by atoms with Gasteiger partial charge in [-0.2, -0.15) is 0 Å². The second-order valence-corrected chi connectivity index (χ2v) is 10.2. The Bertz CT molecular complexity index is 1030. The maximum atomic E-state index is 12.6. The molecule has 1 saturated heterocycles. The van der Waals surface area contributed by atoms with Crippen LogP contribution in [0.25, 0.3) is 0 Å². The van der Waals surface area contributed by atoms with Crippen molar-refractivity contribution in [3.8, 4) is 11.5 Å². The Morgan fingerprint density at radius 2 is 1.66 bits per heavy atom. The van der Waals surface area contributed by atoms with Gasteiger partial charge >= 0.3 is 0 Å². The summed E-state index contributed by atoms with van der Waals surface area (Å²) in [5.41, 5.74) is 2.79. The van der Waals surface area contributed by atoms with Crippen LogP contribution in [0.3, 0.4) is 0 Å². The van der Waals surface area contributed by atoms with Crippen molar-refractivity contribution in [1.82, 2.24) is 4.90 Å². The monoisotopic (exact) mass is 460 g/mol. The van der Waals surface area contributed by atoms with Gasteiger partial charge in [-0.3, -0.25) is 9.52 Å². The van der Waals surface area contributed by atoms with Crippen molar-refractivity contribution < 1.29 is 22.7 Å². The third-order valence-corrected chi connectivity index (χ3v) is 6.56.